The van der Waals surface area contributed by atoms with Crippen LogP contribution in [0.3, 0.4) is 0 Å². The Morgan fingerprint density at radius 2 is 1.52 bits per heavy atom. The summed E-state index contributed by atoms with van der Waals surface area (Å²) in [4.78, 5) is 7.72. The fourth-order valence-electron chi connectivity index (χ4n) is 1.76. The number of aromatic hydroxyl groups is 1. The van der Waals surface area contributed by atoms with Gasteiger partial charge in [0.2, 0.25) is 0 Å². The van der Waals surface area contributed by atoms with Crippen molar-refractivity contribution in [1.82, 2.24) is 9.97 Å². The Balaban J connectivity index is 0.000000236. The number of rotatable bonds is 4. The molecule has 1 aromatic carbocycles. The van der Waals surface area contributed by atoms with E-state index in [0.29, 0.717) is 6.61 Å². The highest BCUT2D eigenvalue weighted by Crippen LogP contribution is 2.18. The van der Waals surface area contributed by atoms with Crippen molar-refractivity contribution in [3.05, 3.63) is 75.7 Å². The highest BCUT2D eigenvalue weighted by atomic mass is 79.9. The third-order valence-electron chi connectivity index (χ3n) is 2.93. The van der Waals surface area contributed by atoms with Crippen LogP contribution in [0, 0.1) is 0 Å². The van der Waals surface area contributed by atoms with E-state index in [9.17, 15) is 0 Å². The normalized spacial score (nSPS) is 9.72. The highest BCUT2D eigenvalue weighted by molar-refractivity contribution is 9.10. The monoisotopic (exact) mass is 466 g/mol. The number of benzene rings is 1. The molecule has 0 atom stereocenters. The summed E-state index contributed by atoms with van der Waals surface area (Å²) in [6.07, 6.45) is 6.40. The van der Waals surface area contributed by atoms with Crippen molar-refractivity contribution < 1.29 is 14.6 Å². The molecular weight excluding hydrogens is 452 g/mol. The lowest BCUT2D eigenvalue weighted by Crippen LogP contribution is -1.95. The van der Waals surface area contributed by atoms with Crippen molar-refractivity contribution >= 4 is 31.9 Å². The number of methoxy groups -OCH3 is 1. The van der Waals surface area contributed by atoms with Gasteiger partial charge in [-0.2, -0.15) is 0 Å². The van der Waals surface area contributed by atoms with Crippen LogP contribution in [0.5, 0.6) is 17.2 Å². The summed E-state index contributed by atoms with van der Waals surface area (Å²) in [5.41, 5.74) is 1.09. The molecule has 0 amide bonds. The molecule has 0 saturated carbocycles. The third-order valence-corrected chi connectivity index (χ3v) is 3.80. The minimum absolute atomic E-state index is 0.180. The number of hydrogen-bond donors (Lipinski definition) is 1. The minimum atomic E-state index is 0.180. The second-order valence-corrected chi connectivity index (χ2v) is 6.67. The van der Waals surface area contributed by atoms with Crippen molar-refractivity contribution in [3.63, 3.8) is 0 Å². The molecule has 0 saturated heterocycles. The molecule has 3 rings (SSSR count). The number of hydrogen-bond acceptors (Lipinski definition) is 5. The zero-order valence-electron chi connectivity index (χ0n) is 13.4. The van der Waals surface area contributed by atoms with E-state index in [4.69, 9.17) is 14.6 Å². The van der Waals surface area contributed by atoms with Crippen LogP contribution in [-0.2, 0) is 6.61 Å². The minimum Gasteiger partial charge on any atom is -0.506 e. The number of pyridine rings is 2. The standard InChI is InChI=1S/C13H12BrNO2.C5H4BrNO/c1-16-12-4-2-10(3-5-12)9-17-13-6-11(14)7-15-8-13;6-4-1-5(8)3-7-2-4/h2-8H,9H2,1H3;1-3,8H. The average Bonchev–Trinajstić information content (AvgIpc) is 2.61. The lowest BCUT2D eigenvalue weighted by molar-refractivity contribution is 0.304. The van der Waals surface area contributed by atoms with Gasteiger partial charge in [0.1, 0.15) is 23.9 Å². The van der Waals surface area contributed by atoms with Gasteiger partial charge in [0.15, 0.2) is 0 Å². The molecule has 25 heavy (non-hydrogen) atoms. The van der Waals surface area contributed by atoms with Crippen LogP contribution in [0.4, 0.5) is 0 Å². The highest BCUT2D eigenvalue weighted by Gasteiger charge is 1.98. The summed E-state index contributed by atoms with van der Waals surface area (Å²) in [7, 11) is 1.65. The van der Waals surface area contributed by atoms with Crippen LogP contribution in [0.15, 0.2) is 70.1 Å². The molecule has 2 aromatic heterocycles. The smallest absolute Gasteiger partial charge is 0.139 e. The third kappa shape index (κ3) is 7.11. The summed E-state index contributed by atoms with van der Waals surface area (Å²) >= 11 is 6.49. The van der Waals surface area contributed by atoms with Gasteiger partial charge in [-0.05, 0) is 61.7 Å². The summed E-state index contributed by atoms with van der Waals surface area (Å²) in [5, 5.41) is 8.72. The summed E-state index contributed by atoms with van der Waals surface area (Å²) < 4.78 is 12.4. The van der Waals surface area contributed by atoms with E-state index in [1.807, 2.05) is 30.3 Å². The summed E-state index contributed by atoms with van der Waals surface area (Å²) in [5.74, 6) is 1.77. The predicted molar refractivity (Wildman–Crippen MR) is 103 cm³/mol. The lowest BCUT2D eigenvalue weighted by atomic mass is 10.2. The van der Waals surface area contributed by atoms with Gasteiger partial charge in [0.25, 0.3) is 0 Å². The van der Waals surface area contributed by atoms with E-state index in [-0.39, 0.29) is 5.75 Å². The van der Waals surface area contributed by atoms with Crippen molar-refractivity contribution in [3.8, 4) is 17.2 Å². The zero-order valence-corrected chi connectivity index (χ0v) is 16.6. The molecule has 2 heterocycles. The number of aromatic nitrogens is 2. The number of nitrogens with zero attached hydrogens (tertiary/aromatic N) is 2. The van der Waals surface area contributed by atoms with Gasteiger partial charge in [-0.25, -0.2) is 0 Å². The topological polar surface area (TPSA) is 64.5 Å². The molecule has 0 radical (unpaired) electrons. The molecular formula is C18H16Br2N2O3. The molecule has 5 nitrogen and oxygen atoms in total. The van der Waals surface area contributed by atoms with Crippen molar-refractivity contribution in [2.24, 2.45) is 0 Å². The second-order valence-electron chi connectivity index (χ2n) is 4.84. The Labute approximate surface area is 162 Å². The number of halogens is 2. The van der Waals surface area contributed by atoms with Crippen molar-refractivity contribution in [2.45, 2.75) is 6.61 Å². The molecule has 0 aliphatic heterocycles. The van der Waals surface area contributed by atoms with E-state index >= 15 is 0 Å². The van der Waals surface area contributed by atoms with Crippen LogP contribution in [0.2, 0.25) is 0 Å². The van der Waals surface area contributed by atoms with Crippen LogP contribution in [0.1, 0.15) is 5.56 Å². The molecule has 0 unspecified atom stereocenters. The van der Waals surface area contributed by atoms with Gasteiger partial charge in [0, 0.05) is 21.3 Å². The first kappa shape index (κ1) is 19.2. The molecule has 130 valence electrons. The Morgan fingerprint density at radius 3 is 2.04 bits per heavy atom. The van der Waals surface area contributed by atoms with E-state index in [0.717, 1.165) is 26.0 Å². The van der Waals surface area contributed by atoms with Gasteiger partial charge < -0.3 is 14.6 Å². The van der Waals surface area contributed by atoms with Crippen LogP contribution < -0.4 is 9.47 Å². The molecule has 0 spiro atoms. The molecule has 0 aliphatic rings. The van der Waals surface area contributed by atoms with Gasteiger partial charge in [0.05, 0.1) is 19.5 Å². The van der Waals surface area contributed by atoms with Gasteiger partial charge in [-0.15, -0.1) is 0 Å². The zero-order chi connectivity index (χ0) is 18.1. The first-order valence-corrected chi connectivity index (χ1v) is 8.81. The predicted octanol–water partition coefficient (Wildman–Crippen LogP) is 4.98. The maximum Gasteiger partial charge on any atom is 0.139 e. The van der Waals surface area contributed by atoms with E-state index in [1.54, 1.807) is 31.8 Å². The van der Waals surface area contributed by atoms with E-state index < -0.39 is 0 Å². The summed E-state index contributed by atoms with van der Waals surface area (Å²) in [6.45, 7) is 0.516. The fourth-order valence-corrected chi connectivity index (χ4v) is 2.46. The first-order chi connectivity index (χ1) is 12.1. The van der Waals surface area contributed by atoms with E-state index in [2.05, 4.69) is 41.8 Å². The quantitative estimate of drug-likeness (QED) is 0.586. The SMILES string of the molecule is COc1ccc(COc2cncc(Br)c2)cc1.Oc1cncc(Br)c1. The number of ether oxygens (including phenoxy) is 2. The second kappa shape index (κ2) is 10.0. The average molecular weight is 468 g/mol. The molecule has 0 fully saturated rings. The summed E-state index contributed by atoms with van der Waals surface area (Å²) in [6, 6.07) is 11.2. The van der Waals surface area contributed by atoms with Gasteiger partial charge >= 0.3 is 0 Å². The van der Waals surface area contributed by atoms with Gasteiger partial charge in [-0.1, -0.05) is 12.1 Å². The molecule has 7 heteroatoms. The first-order valence-electron chi connectivity index (χ1n) is 7.22. The van der Waals surface area contributed by atoms with Crippen molar-refractivity contribution in [1.29, 1.82) is 0 Å². The Morgan fingerprint density at radius 1 is 0.880 bits per heavy atom. The largest absolute Gasteiger partial charge is 0.506 e. The van der Waals surface area contributed by atoms with Crippen LogP contribution >= 0.6 is 31.9 Å². The maximum absolute atomic E-state index is 8.72. The van der Waals surface area contributed by atoms with Gasteiger partial charge in [-0.3, -0.25) is 9.97 Å². The molecule has 3 aromatic rings. The lowest BCUT2D eigenvalue weighted by Gasteiger charge is -2.06. The molecule has 0 bridgehead atoms. The Kier molecular flexibility index (Phi) is 7.69. The van der Waals surface area contributed by atoms with Crippen LogP contribution in [0.25, 0.3) is 0 Å². The fraction of sp³-hybridized carbons (Fsp3) is 0.111. The Bertz CT molecular complexity index is 781. The molecule has 1 N–H and O–H groups in total. The Hall–Kier alpha value is -2.12. The van der Waals surface area contributed by atoms with Crippen LogP contribution in [-0.4, -0.2) is 22.2 Å². The maximum atomic E-state index is 8.72. The van der Waals surface area contributed by atoms with E-state index in [1.165, 1.54) is 6.20 Å². The van der Waals surface area contributed by atoms with Crippen molar-refractivity contribution in [2.75, 3.05) is 7.11 Å². The molecule has 0 aliphatic carbocycles.